The number of hydrogen-bond acceptors (Lipinski definition) is 6. The molecule has 0 N–H and O–H groups in total. The number of halogens is 3. The second kappa shape index (κ2) is 5.77. The van der Waals surface area contributed by atoms with Crippen molar-refractivity contribution in [1.82, 2.24) is 4.90 Å². The largest absolute Gasteiger partial charge is 0.441 e. The van der Waals surface area contributed by atoms with Crippen LogP contribution in [0.5, 0.6) is 5.75 Å². The van der Waals surface area contributed by atoms with Gasteiger partial charge in [0.1, 0.15) is 5.70 Å². The first-order valence-electron chi connectivity index (χ1n) is 5.35. The molecule has 0 aromatic heterocycles. The van der Waals surface area contributed by atoms with Gasteiger partial charge in [0.15, 0.2) is 11.4 Å². The lowest BCUT2D eigenvalue weighted by atomic mass is 10.2. The summed E-state index contributed by atoms with van der Waals surface area (Å²) in [5.74, 6) is -2.37. The molecule has 0 aliphatic rings. The predicted molar refractivity (Wildman–Crippen MR) is 66.9 cm³/mol. The van der Waals surface area contributed by atoms with E-state index in [4.69, 9.17) is 0 Å². The second-order valence-electron chi connectivity index (χ2n) is 4.08. The van der Waals surface area contributed by atoms with Crippen molar-refractivity contribution in [2.45, 2.75) is 6.11 Å². The monoisotopic (exact) mass is 305 g/mol. The fraction of sp³-hybridized carbons (Fsp3) is 0.273. The Bertz CT molecular complexity index is 605. The van der Waals surface area contributed by atoms with Gasteiger partial charge in [0.2, 0.25) is 5.82 Å². The van der Waals surface area contributed by atoms with Crippen LogP contribution in [0, 0.1) is 20.8 Å². The standard InChI is InChI=1S/C11H10F3N3O4/c1-6(16(2)3)11(13,14)21-10-4-7(12)9(17(19)20)5-8(10)15-18/h4-5H,1H2,2-3H3. The summed E-state index contributed by atoms with van der Waals surface area (Å²) in [6.45, 7) is 3.09. The molecule has 0 atom stereocenters. The number of nitro benzene ring substituents is 1. The summed E-state index contributed by atoms with van der Waals surface area (Å²) in [5, 5.41) is 12.8. The Morgan fingerprint density at radius 2 is 2.05 bits per heavy atom. The van der Waals surface area contributed by atoms with Crippen LogP contribution in [0.1, 0.15) is 0 Å². The maximum Gasteiger partial charge on any atom is 0.441 e. The number of rotatable bonds is 6. The first-order chi connectivity index (χ1) is 9.60. The third-order valence-corrected chi connectivity index (χ3v) is 2.44. The molecular formula is C11H10F3N3O4. The number of nitro groups is 1. The van der Waals surface area contributed by atoms with Gasteiger partial charge in [-0.2, -0.15) is 13.2 Å². The number of alkyl halides is 2. The highest BCUT2D eigenvalue weighted by Gasteiger charge is 2.39. The van der Waals surface area contributed by atoms with Gasteiger partial charge in [-0.15, -0.1) is 4.91 Å². The van der Waals surface area contributed by atoms with Gasteiger partial charge in [-0.25, -0.2) is 0 Å². The molecule has 7 nitrogen and oxygen atoms in total. The molecular weight excluding hydrogens is 295 g/mol. The van der Waals surface area contributed by atoms with Crippen molar-refractivity contribution in [3.05, 3.63) is 45.2 Å². The Morgan fingerprint density at radius 3 is 2.48 bits per heavy atom. The molecule has 0 unspecified atom stereocenters. The zero-order valence-electron chi connectivity index (χ0n) is 11.0. The topological polar surface area (TPSA) is 85.0 Å². The van der Waals surface area contributed by atoms with E-state index in [-0.39, 0.29) is 0 Å². The van der Waals surface area contributed by atoms with Crippen LogP contribution >= 0.6 is 0 Å². The van der Waals surface area contributed by atoms with Gasteiger partial charge in [-0.05, 0) is 5.18 Å². The normalized spacial score (nSPS) is 10.9. The number of hydrogen-bond donors (Lipinski definition) is 0. The lowest BCUT2D eigenvalue weighted by molar-refractivity contribution is -0.387. The van der Waals surface area contributed by atoms with Crippen LogP contribution < -0.4 is 4.74 Å². The summed E-state index contributed by atoms with van der Waals surface area (Å²) in [6.07, 6.45) is -3.95. The van der Waals surface area contributed by atoms with Crippen molar-refractivity contribution in [3.8, 4) is 5.75 Å². The van der Waals surface area contributed by atoms with E-state index in [0.717, 1.165) is 4.90 Å². The predicted octanol–water partition coefficient (Wildman–Crippen LogP) is 3.18. The number of likely N-dealkylation sites (N-methyl/N-ethyl adjacent to an activating group) is 1. The van der Waals surface area contributed by atoms with Crippen molar-refractivity contribution >= 4 is 11.4 Å². The van der Waals surface area contributed by atoms with Crippen molar-refractivity contribution in [1.29, 1.82) is 0 Å². The number of ether oxygens (including phenoxy) is 1. The van der Waals surface area contributed by atoms with Crippen LogP contribution in [-0.2, 0) is 0 Å². The number of benzene rings is 1. The molecule has 1 rings (SSSR count). The number of nitroso groups, excluding NO2 is 1. The molecule has 21 heavy (non-hydrogen) atoms. The molecule has 1 aromatic carbocycles. The van der Waals surface area contributed by atoms with Crippen molar-refractivity contribution in [3.63, 3.8) is 0 Å². The first kappa shape index (κ1) is 16.4. The van der Waals surface area contributed by atoms with E-state index in [1.54, 1.807) is 0 Å². The summed E-state index contributed by atoms with van der Waals surface area (Å²) in [4.78, 5) is 20.9. The molecule has 0 saturated carbocycles. The van der Waals surface area contributed by atoms with Gasteiger partial charge >= 0.3 is 11.8 Å². The summed E-state index contributed by atoms with van der Waals surface area (Å²) in [5.41, 5.74) is -2.67. The van der Waals surface area contributed by atoms with Crippen LogP contribution in [0.25, 0.3) is 0 Å². The highest BCUT2D eigenvalue weighted by atomic mass is 19.3. The van der Waals surface area contributed by atoms with E-state index in [9.17, 15) is 28.2 Å². The Kier molecular flexibility index (Phi) is 4.51. The zero-order chi connectivity index (χ0) is 16.4. The SMILES string of the molecule is C=C(N(C)C)C(F)(F)Oc1cc(F)c([N+](=O)[O-])cc1N=O. The Hall–Kier alpha value is -2.65. The summed E-state index contributed by atoms with van der Waals surface area (Å²) >= 11 is 0. The number of nitrogens with zero attached hydrogens (tertiary/aromatic N) is 3. The fourth-order valence-electron chi connectivity index (χ4n) is 1.28. The Labute approximate surface area is 116 Å². The second-order valence-corrected chi connectivity index (χ2v) is 4.08. The van der Waals surface area contributed by atoms with E-state index < -0.39 is 39.7 Å². The molecule has 10 heteroatoms. The highest BCUT2D eigenvalue weighted by molar-refractivity contribution is 5.58. The van der Waals surface area contributed by atoms with Crippen molar-refractivity contribution < 1.29 is 22.8 Å². The van der Waals surface area contributed by atoms with E-state index in [2.05, 4.69) is 16.5 Å². The maximum absolute atomic E-state index is 13.7. The highest BCUT2D eigenvalue weighted by Crippen LogP contribution is 2.38. The minimum absolute atomic E-state index is 0.297. The van der Waals surface area contributed by atoms with Crippen LogP contribution in [-0.4, -0.2) is 30.0 Å². The molecule has 0 heterocycles. The molecule has 0 aliphatic carbocycles. The lowest BCUT2D eigenvalue weighted by Gasteiger charge is -2.25. The first-order valence-corrected chi connectivity index (χ1v) is 5.35. The molecule has 0 saturated heterocycles. The Morgan fingerprint density at radius 1 is 1.48 bits per heavy atom. The van der Waals surface area contributed by atoms with E-state index in [0.29, 0.717) is 12.1 Å². The van der Waals surface area contributed by atoms with Gasteiger partial charge in [-0.1, -0.05) is 6.58 Å². The molecule has 0 bridgehead atoms. The van der Waals surface area contributed by atoms with Crippen LogP contribution in [0.2, 0.25) is 0 Å². The molecule has 0 fully saturated rings. The van der Waals surface area contributed by atoms with E-state index in [1.807, 2.05) is 0 Å². The van der Waals surface area contributed by atoms with Gasteiger partial charge < -0.3 is 9.64 Å². The molecule has 0 amide bonds. The minimum atomic E-state index is -3.95. The summed E-state index contributed by atoms with van der Waals surface area (Å²) < 4.78 is 45.0. The van der Waals surface area contributed by atoms with E-state index in [1.165, 1.54) is 14.1 Å². The Balaban J connectivity index is 3.26. The molecule has 0 radical (unpaired) electrons. The van der Waals surface area contributed by atoms with Crippen molar-refractivity contribution in [2.75, 3.05) is 14.1 Å². The lowest BCUT2D eigenvalue weighted by Crippen LogP contribution is -2.34. The van der Waals surface area contributed by atoms with Crippen molar-refractivity contribution in [2.24, 2.45) is 5.18 Å². The summed E-state index contributed by atoms with van der Waals surface area (Å²) in [6, 6.07) is 0.706. The average molecular weight is 305 g/mol. The fourth-order valence-corrected chi connectivity index (χ4v) is 1.28. The third-order valence-electron chi connectivity index (χ3n) is 2.44. The van der Waals surface area contributed by atoms with Crippen LogP contribution in [0.3, 0.4) is 0 Å². The van der Waals surface area contributed by atoms with Gasteiger partial charge in [0.25, 0.3) is 0 Å². The average Bonchev–Trinajstić information content (AvgIpc) is 2.37. The maximum atomic E-state index is 13.7. The molecule has 1 aromatic rings. The third kappa shape index (κ3) is 3.46. The molecule has 0 aliphatic heterocycles. The zero-order valence-corrected chi connectivity index (χ0v) is 11.0. The van der Waals surface area contributed by atoms with Crippen LogP contribution in [0.4, 0.5) is 24.5 Å². The van der Waals surface area contributed by atoms with Gasteiger partial charge in [0.05, 0.1) is 11.0 Å². The van der Waals surface area contributed by atoms with Gasteiger partial charge in [-0.3, -0.25) is 10.1 Å². The summed E-state index contributed by atoms with van der Waals surface area (Å²) in [7, 11) is 2.55. The smallest absolute Gasteiger partial charge is 0.425 e. The van der Waals surface area contributed by atoms with Crippen LogP contribution in [0.15, 0.2) is 29.6 Å². The van der Waals surface area contributed by atoms with Gasteiger partial charge in [0, 0.05) is 20.2 Å². The quantitative estimate of drug-likeness (QED) is 0.458. The molecule has 0 spiro atoms. The molecule has 114 valence electrons. The minimum Gasteiger partial charge on any atom is -0.425 e. The van der Waals surface area contributed by atoms with E-state index >= 15 is 0 Å².